The number of alkyl halides is 3. The summed E-state index contributed by atoms with van der Waals surface area (Å²) in [7, 11) is 1.46. The van der Waals surface area contributed by atoms with Gasteiger partial charge >= 0.3 is 6.18 Å². The van der Waals surface area contributed by atoms with Gasteiger partial charge in [0.2, 0.25) is 11.8 Å². The molecule has 0 atom stereocenters. The van der Waals surface area contributed by atoms with Crippen LogP contribution >= 0.6 is 11.6 Å². The fourth-order valence-corrected chi connectivity index (χ4v) is 5.47. The predicted octanol–water partition coefficient (Wildman–Crippen LogP) is 3.94. The van der Waals surface area contributed by atoms with Crippen LogP contribution in [-0.4, -0.2) is 65.1 Å². The molecule has 0 N–H and O–H groups in total. The first-order chi connectivity index (χ1) is 17.3. The highest BCUT2D eigenvalue weighted by molar-refractivity contribution is 6.30. The number of likely N-dealkylation sites (N-methyl/N-ethyl adjacent to an activating group) is 1. The highest BCUT2D eigenvalue weighted by Gasteiger charge is 2.63. The molecule has 1 aliphatic heterocycles. The van der Waals surface area contributed by atoms with E-state index in [0.717, 1.165) is 18.2 Å². The largest absolute Gasteiger partial charge is 0.416 e. The van der Waals surface area contributed by atoms with Crippen LogP contribution in [0.3, 0.4) is 0 Å². The van der Waals surface area contributed by atoms with Gasteiger partial charge in [0.1, 0.15) is 11.8 Å². The van der Waals surface area contributed by atoms with Gasteiger partial charge in [-0.1, -0.05) is 23.7 Å². The number of hydrogen-bond acceptors (Lipinski definition) is 5. The summed E-state index contributed by atoms with van der Waals surface area (Å²) in [4.78, 5) is 45.8. The molecule has 1 aromatic carbocycles. The van der Waals surface area contributed by atoms with Crippen molar-refractivity contribution < 1.29 is 31.9 Å². The zero-order valence-corrected chi connectivity index (χ0v) is 20.9. The number of benzene rings is 1. The van der Waals surface area contributed by atoms with Crippen molar-refractivity contribution in [3.63, 3.8) is 0 Å². The van der Waals surface area contributed by atoms with Gasteiger partial charge in [0.25, 0.3) is 0 Å². The summed E-state index contributed by atoms with van der Waals surface area (Å²) in [6.45, 7) is 1.94. The number of aldehydes is 1. The molecule has 0 bridgehead atoms. The highest BCUT2D eigenvalue weighted by Crippen LogP contribution is 2.56. The molecule has 2 fully saturated rings. The fraction of sp³-hybridized carbons (Fsp3) is 0.440. The second-order valence-corrected chi connectivity index (χ2v) is 10.4. The van der Waals surface area contributed by atoms with Gasteiger partial charge in [0.05, 0.1) is 17.1 Å². The van der Waals surface area contributed by atoms with Gasteiger partial charge in [0, 0.05) is 45.2 Å². The third-order valence-corrected chi connectivity index (χ3v) is 7.27. The van der Waals surface area contributed by atoms with E-state index in [4.69, 9.17) is 11.6 Å². The molecule has 7 nitrogen and oxygen atoms in total. The van der Waals surface area contributed by atoms with Crippen LogP contribution in [-0.2, 0) is 27.1 Å². The Bertz CT molecular complexity index is 1210. The minimum Gasteiger partial charge on any atom is -0.348 e. The zero-order chi connectivity index (χ0) is 27.2. The maximum absolute atomic E-state index is 14.4. The topological polar surface area (TPSA) is 73.8 Å². The van der Waals surface area contributed by atoms with Gasteiger partial charge in [-0.15, -0.1) is 0 Å². The van der Waals surface area contributed by atoms with Crippen LogP contribution in [0.4, 0.5) is 23.4 Å². The molecule has 2 aliphatic rings. The molecule has 2 heterocycles. The lowest BCUT2D eigenvalue weighted by Gasteiger charge is -2.64. The Morgan fingerprint density at radius 2 is 1.81 bits per heavy atom. The van der Waals surface area contributed by atoms with Crippen molar-refractivity contribution in [2.24, 2.45) is 5.41 Å². The number of hydrogen-bond donors (Lipinski definition) is 0. The Kier molecular flexibility index (Phi) is 6.96. The van der Waals surface area contributed by atoms with Crippen molar-refractivity contribution in [3.8, 4) is 0 Å². The maximum atomic E-state index is 14.4. The van der Waals surface area contributed by atoms with Crippen LogP contribution in [0, 0.1) is 11.2 Å². The molecule has 4 rings (SSSR count). The van der Waals surface area contributed by atoms with Crippen LogP contribution < -0.4 is 4.90 Å². The third-order valence-electron chi connectivity index (χ3n) is 7.06. The summed E-state index contributed by atoms with van der Waals surface area (Å²) >= 11 is 5.76. The Balaban J connectivity index is 1.58. The summed E-state index contributed by atoms with van der Waals surface area (Å²) in [5, 5.41) is 0.0877. The first-order valence-corrected chi connectivity index (χ1v) is 11.9. The van der Waals surface area contributed by atoms with E-state index in [-0.39, 0.29) is 35.3 Å². The van der Waals surface area contributed by atoms with E-state index in [1.165, 1.54) is 42.1 Å². The van der Waals surface area contributed by atoms with E-state index >= 15 is 0 Å². The average Bonchev–Trinajstić information content (AvgIpc) is 2.76. The number of pyridine rings is 1. The molecule has 2 aromatic rings. The SMILES string of the molecule is CC(=O)N1CC2(C1)CC(C=O)(N(Cc1ccc(C(F)(F)F)cc1)C(=O)CN(C)c1ncc(Cl)cc1F)C2. The number of halogens is 5. The summed E-state index contributed by atoms with van der Waals surface area (Å²) in [5.41, 5.74) is -1.91. The van der Waals surface area contributed by atoms with Crippen LogP contribution in [0.1, 0.15) is 30.9 Å². The van der Waals surface area contributed by atoms with Gasteiger partial charge in [-0.25, -0.2) is 9.37 Å². The zero-order valence-electron chi connectivity index (χ0n) is 20.2. The van der Waals surface area contributed by atoms with E-state index < -0.39 is 29.0 Å². The monoisotopic (exact) mass is 540 g/mol. The van der Waals surface area contributed by atoms with E-state index in [9.17, 15) is 31.9 Å². The van der Waals surface area contributed by atoms with Gasteiger partial charge in [0.15, 0.2) is 11.6 Å². The molecule has 1 saturated carbocycles. The molecule has 37 heavy (non-hydrogen) atoms. The van der Waals surface area contributed by atoms with Crippen LogP contribution in [0.25, 0.3) is 0 Å². The molecule has 1 aromatic heterocycles. The smallest absolute Gasteiger partial charge is 0.348 e. The lowest BCUT2D eigenvalue weighted by molar-refractivity contribution is -0.182. The fourth-order valence-electron chi connectivity index (χ4n) is 5.32. The van der Waals surface area contributed by atoms with Crippen LogP contribution in [0.5, 0.6) is 0 Å². The van der Waals surface area contributed by atoms with E-state index in [0.29, 0.717) is 37.8 Å². The number of nitrogens with zero attached hydrogens (tertiary/aromatic N) is 4. The molecule has 1 aliphatic carbocycles. The average molecular weight is 541 g/mol. The third kappa shape index (κ3) is 5.27. The number of likely N-dealkylation sites (tertiary alicyclic amines) is 1. The Labute approximate surface area is 216 Å². The van der Waals surface area contributed by atoms with Crippen molar-refractivity contribution in [1.82, 2.24) is 14.8 Å². The molecule has 0 unspecified atom stereocenters. The van der Waals surface area contributed by atoms with Gasteiger partial charge < -0.3 is 19.5 Å². The van der Waals surface area contributed by atoms with E-state index in [1.54, 1.807) is 4.90 Å². The lowest BCUT2D eigenvalue weighted by Crippen LogP contribution is -2.74. The first kappa shape index (κ1) is 26.8. The number of rotatable bonds is 7. The minimum atomic E-state index is -4.51. The Hall–Kier alpha value is -3.21. The molecule has 1 saturated heterocycles. The molecule has 12 heteroatoms. The Morgan fingerprint density at radius 1 is 1.19 bits per heavy atom. The number of carbonyl (C=O) groups is 3. The summed E-state index contributed by atoms with van der Waals surface area (Å²) in [6.07, 6.45) is -1.95. The van der Waals surface area contributed by atoms with Crippen molar-refractivity contribution in [3.05, 3.63) is 58.5 Å². The normalized spacial score (nSPS) is 17.5. The lowest BCUT2D eigenvalue weighted by atomic mass is 9.53. The van der Waals surface area contributed by atoms with Crippen molar-refractivity contribution in [2.45, 2.75) is 38.0 Å². The molecule has 0 radical (unpaired) electrons. The number of aromatic nitrogens is 1. The molecular formula is C25H25ClF4N4O3. The molecule has 1 spiro atoms. The number of anilines is 1. The highest BCUT2D eigenvalue weighted by atomic mass is 35.5. The van der Waals surface area contributed by atoms with E-state index in [1.807, 2.05) is 0 Å². The second kappa shape index (κ2) is 9.59. The first-order valence-electron chi connectivity index (χ1n) is 11.5. The molecule has 198 valence electrons. The van der Waals surface area contributed by atoms with Crippen molar-refractivity contribution in [1.29, 1.82) is 0 Å². The summed E-state index contributed by atoms with van der Waals surface area (Å²) in [6, 6.07) is 5.43. The standard InChI is InChI=1S/C25H25ClF4N4O3/c1-16(36)33-13-23(14-33)11-24(12-23,15-35)34(9-17-3-5-18(6-4-17)25(28,29)30)21(37)10-32(2)22-20(27)7-19(26)8-31-22/h3-8,15H,9-14H2,1-2H3. The molecule has 2 amide bonds. The second-order valence-electron chi connectivity index (χ2n) is 9.94. The van der Waals surface area contributed by atoms with Gasteiger partial charge in [-0.3, -0.25) is 9.59 Å². The number of carbonyl (C=O) groups excluding carboxylic acids is 3. The van der Waals surface area contributed by atoms with Gasteiger partial charge in [-0.05, 0) is 36.6 Å². The summed E-state index contributed by atoms with van der Waals surface area (Å²) < 4.78 is 53.4. The minimum absolute atomic E-state index is 0.0777. The van der Waals surface area contributed by atoms with Crippen molar-refractivity contribution >= 4 is 35.5 Å². The maximum Gasteiger partial charge on any atom is 0.416 e. The molecular weight excluding hydrogens is 516 g/mol. The van der Waals surface area contributed by atoms with E-state index in [2.05, 4.69) is 4.98 Å². The predicted molar refractivity (Wildman–Crippen MR) is 127 cm³/mol. The number of amides is 2. The van der Waals surface area contributed by atoms with Crippen molar-refractivity contribution in [2.75, 3.05) is 31.6 Å². The Morgan fingerprint density at radius 3 is 2.32 bits per heavy atom. The van der Waals surface area contributed by atoms with Gasteiger partial charge in [-0.2, -0.15) is 13.2 Å². The van der Waals surface area contributed by atoms with Crippen LogP contribution in [0.2, 0.25) is 5.02 Å². The summed E-state index contributed by atoms with van der Waals surface area (Å²) in [5.74, 6) is -1.45. The van der Waals surface area contributed by atoms with Crippen LogP contribution in [0.15, 0.2) is 36.5 Å². The quantitative estimate of drug-likeness (QED) is 0.393.